The highest BCUT2D eigenvalue weighted by atomic mass is 32.1. The SMILES string of the molecule is Cc1ccc(-c2csc(NC(=O)[C@H](NC(=O)c3ccccc3F)C(C)C)n2)cc1. The zero-order valence-corrected chi connectivity index (χ0v) is 17.2. The molecular formula is C22H22FN3O2S. The molecule has 2 amide bonds. The van der Waals surface area contributed by atoms with E-state index in [-0.39, 0.29) is 11.5 Å². The van der Waals surface area contributed by atoms with Crippen LogP contribution in [0.2, 0.25) is 0 Å². The molecule has 29 heavy (non-hydrogen) atoms. The van der Waals surface area contributed by atoms with E-state index in [1.807, 2.05) is 50.4 Å². The van der Waals surface area contributed by atoms with Crippen molar-refractivity contribution < 1.29 is 14.0 Å². The Balaban J connectivity index is 1.71. The molecule has 1 aromatic heterocycles. The highest BCUT2D eigenvalue weighted by Gasteiger charge is 2.26. The van der Waals surface area contributed by atoms with E-state index >= 15 is 0 Å². The van der Waals surface area contributed by atoms with E-state index in [4.69, 9.17) is 0 Å². The van der Waals surface area contributed by atoms with Gasteiger partial charge in [-0.25, -0.2) is 9.37 Å². The van der Waals surface area contributed by atoms with Gasteiger partial charge < -0.3 is 10.6 Å². The van der Waals surface area contributed by atoms with E-state index in [1.54, 1.807) is 6.07 Å². The Morgan fingerprint density at radius 1 is 1.07 bits per heavy atom. The lowest BCUT2D eigenvalue weighted by Crippen LogP contribution is -2.47. The first-order valence-electron chi connectivity index (χ1n) is 9.24. The lowest BCUT2D eigenvalue weighted by molar-refractivity contribution is -0.118. The first kappa shape index (κ1) is 20.7. The minimum Gasteiger partial charge on any atom is -0.340 e. The predicted molar refractivity (Wildman–Crippen MR) is 113 cm³/mol. The van der Waals surface area contributed by atoms with E-state index in [0.29, 0.717) is 5.13 Å². The van der Waals surface area contributed by atoms with Gasteiger partial charge in [-0.1, -0.05) is 55.8 Å². The third kappa shape index (κ3) is 5.06. The van der Waals surface area contributed by atoms with Crippen LogP contribution in [0.25, 0.3) is 11.3 Å². The monoisotopic (exact) mass is 411 g/mol. The van der Waals surface area contributed by atoms with Gasteiger partial charge in [-0.15, -0.1) is 11.3 Å². The van der Waals surface area contributed by atoms with Crippen LogP contribution in [0.4, 0.5) is 9.52 Å². The maximum atomic E-state index is 13.9. The number of aryl methyl sites for hydroxylation is 1. The summed E-state index contributed by atoms with van der Waals surface area (Å²) < 4.78 is 13.9. The average Bonchev–Trinajstić information content (AvgIpc) is 3.14. The summed E-state index contributed by atoms with van der Waals surface area (Å²) in [5.41, 5.74) is 2.78. The molecule has 0 unspecified atom stereocenters. The summed E-state index contributed by atoms with van der Waals surface area (Å²) in [7, 11) is 0. The van der Waals surface area contributed by atoms with Gasteiger partial charge in [0, 0.05) is 10.9 Å². The summed E-state index contributed by atoms with van der Waals surface area (Å²) in [6.45, 7) is 5.63. The Kier molecular flexibility index (Phi) is 6.39. The molecular weight excluding hydrogens is 389 g/mol. The molecule has 2 N–H and O–H groups in total. The molecule has 150 valence electrons. The van der Waals surface area contributed by atoms with Crippen molar-refractivity contribution >= 4 is 28.3 Å². The largest absolute Gasteiger partial charge is 0.340 e. The highest BCUT2D eigenvalue weighted by molar-refractivity contribution is 7.14. The average molecular weight is 412 g/mol. The van der Waals surface area contributed by atoms with Crippen LogP contribution in [0.5, 0.6) is 0 Å². The zero-order chi connectivity index (χ0) is 21.0. The van der Waals surface area contributed by atoms with Gasteiger partial charge in [0.25, 0.3) is 5.91 Å². The van der Waals surface area contributed by atoms with E-state index < -0.39 is 23.7 Å². The molecule has 3 aromatic rings. The standard InChI is InChI=1S/C22H22FN3O2S/c1-13(2)19(25-20(27)16-6-4-5-7-17(16)23)21(28)26-22-24-18(12-29-22)15-10-8-14(3)9-11-15/h4-13,19H,1-3H3,(H,25,27)(H,24,26,28)/t19-/m1/s1. The Bertz CT molecular complexity index is 1010. The number of carbonyl (C=O) groups is 2. The summed E-state index contributed by atoms with van der Waals surface area (Å²) >= 11 is 1.31. The number of hydrogen-bond acceptors (Lipinski definition) is 4. The van der Waals surface area contributed by atoms with Crippen LogP contribution in [0.1, 0.15) is 29.8 Å². The van der Waals surface area contributed by atoms with Crippen molar-refractivity contribution in [1.29, 1.82) is 0 Å². The Labute approximate surface area is 173 Å². The van der Waals surface area contributed by atoms with Gasteiger partial charge in [0.05, 0.1) is 11.3 Å². The molecule has 0 bridgehead atoms. The van der Waals surface area contributed by atoms with Crippen molar-refractivity contribution in [2.75, 3.05) is 5.32 Å². The number of aromatic nitrogens is 1. The first-order chi connectivity index (χ1) is 13.8. The van der Waals surface area contributed by atoms with Crippen molar-refractivity contribution in [3.8, 4) is 11.3 Å². The van der Waals surface area contributed by atoms with Gasteiger partial charge in [-0.2, -0.15) is 0 Å². The van der Waals surface area contributed by atoms with Crippen LogP contribution in [0.15, 0.2) is 53.9 Å². The molecule has 7 heteroatoms. The van der Waals surface area contributed by atoms with E-state index in [1.165, 1.54) is 29.5 Å². The van der Waals surface area contributed by atoms with Crippen LogP contribution < -0.4 is 10.6 Å². The normalized spacial score (nSPS) is 11.9. The van der Waals surface area contributed by atoms with Crippen molar-refractivity contribution in [1.82, 2.24) is 10.3 Å². The summed E-state index contributed by atoms with van der Waals surface area (Å²) in [4.78, 5) is 29.6. The Hall–Kier alpha value is -3.06. The van der Waals surface area contributed by atoms with Crippen molar-refractivity contribution in [2.24, 2.45) is 5.92 Å². The zero-order valence-electron chi connectivity index (χ0n) is 16.4. The summed E-state index contributed by atoms with van der Waals surface area (Å²) in [5.74, 6) is -1.84. The Morgan fingerprint density at radius 2 is 1.76 bits per heavy atom. The molecule has 0 saturated heterocycles. The number of anilines is 1. The second-order valence-corrected chi connectivity index (χ2v) is 7.93. The smallest absolute Gasteiger partial charge is 0.254 e. The van der Waals surface area contributed by atoms with Crippen LogP contribution in [-0.4, -0.2) is 22.8 Å². The second kappa shape index (κ2) is 8.96. The van der Waals surface area contributed by atoms with Gasteiger partial charge in [0.2, 0.25) is 5.91 Å². The third-order valence-corrected chi connectivity index (χ3v) is 5.19. The van der Waals surface area contributed by atoms with E-state index in [2.05, 4.69) is 15.6 Å². The minimum atomic E-state index is -0.825. The number of amides is 2. The first-order valence-corrected chi connectivity index (χ1v) is 10.1. The number of hydrogen-bond donors (Lipinski definition) is 2. The maximum Gasteiger partial charge on any atom is 0.254 e. The number of halogens is 1. The molecule has 0 saturated carbocycles. The van der Waals surface area contributed by atoms with Crippen molar-refractivity contribution in [3.63, 3.8) is 0 Å². The second-order valence-electron chi connectivity index (χ2n) is 7.07. The maximum absolute atomic E-state index is 13.9. The molecule has 3 rings (SSSR count). The van der Waals surface area contributed by atoms with Gasteiger partial charge in [0.1, 0.15) is 11.9 Å². The Morgan fingerprint density at radius 3 is 2.41 bits per heavy atom. The van der Waals surface area contributed by atoms with E-state index in [9.17, 15) is 14.0 Å². The fourth-order valence-corrected chi connectivity index (χ4v) is 3.49. The number of thiazole rings is 1. The molecule has 0 radical (unpaired) electrons. The number of nitrogens with one attached hydrogen (secondary N) is 2. The number of carbonyl (C=O) groups excluding carboxylic acids is 2. The van der Waals surface area contributed by atoms with Gasteiger partial charge in [-0.05, 0) is 25.0 Å². The van der Waals surface area contributed by atoms with Crippen LogP contribution >= 0.6 is 11.3 Å². The van der Waals surface area contributed by atoms with Gasteiger partial charge >= 0.3 is 0 Å². The quantitative estimate of drug-likeness (QED) is 0.620. The molecule has 5 nitrogen and oxygen atoms in total. The molecule has 0 aliphatic carbocycles. The van der Waals surface area contributed by atoms with Crippen molar-refractivity contribution in [3.05, 3.63) is 70.9 Å². The number of rotatable bonds is 6. The lowest BCUT2D eigenvalue weighted by Gasteiger charge is -2.21. The van der Waals surface area contributed by atoms with Crippen molar-refractivity contribution in [2.45, 2.75) is 26.8 Å². The minimum absolute atomic E-state index is 0.0955. The molecule has 1 atom stereocenters. The fourth-order valence-electron chi connectivity index (χ4n) is 2.77. The molecule has 2 aromatic carbocycles. The predicted octanol–water partition coefficient (Wildman–Crippen LogP) is 4.65. The van der Waals surface area contributed by atoms with Crippen LogP contribution in [0, 0.1) is 18.7 Å². The lowest BCUT2D eigenvalue weighted by atomic mass is 10.0. The molecule has 0 spiro atoms. The van der Waals surface area contributed by atoms with Gasteiger partial charge in [-0.3, -0.25) is 9.59 Å². The van der Waals surface area contributed by atoms with Gasteiger partial charge in [0.15, 0.2) is 5.13 Å². The molecule has 0 aliphatic rings. The molecule has 0 aliphatic heterocycles. The van der Waals surface area contributed by atoms with Crippen LogP contribution in [-0.2, 0) is 4.79 Å². The van der Waals surface area contributed by atoms with E-state index in [0.717, 1.165) is 16.8 Å². The summed E-state index contributed by atoms with van der Waals surface area (Å²) in [6, 6.07) is 12.8. The summed E-state index contributed by atoms with van der Waals surface area (Å²) in [6.07, 6.45) is 0. The number of benzene rings is 2. The third-order valence-electron chi connectivity index (χ3n) is 4.44. The molecule has 1 heterocycles. The summed E-state index contributed by atoms with van der Waals surface area (Å²) in [5, 5.41) is 7.69. The molecule has 0 fully saturated rings. The topological polar surface area (TPSA) is 71.1 Å². The highest BCUT2D eigenvalue weighted by Crippen LogP contribution is 2.25. The fraction of sp³-hybridized carbons (Fsp3) is 0.227. The number of nitrogens with zero attached hydrogens (tertiary/aromatic N) is 1. The van der Waals surface area contributed by atoms with Crippen LogP contribution in [0.3, 0.4) is 0 Å².